The molecule has 0 bridgehead atoms. The lowest BCUT2D eigenvalue weighted by molar-refractivity contribution is 0.0544. The van der Waals surface area contributed by atoms with Gasteiger partial charge in [-0.25, -0.2) is 4.79 Å². The molecule has 1 aromatic carbocycles. The van der Waals surface area contributed by atoms with Gasteiger partial charge in [-0.2, -0.15) is 0 Å². The molecule has 0 atom stereocenters. The molecule has 0 aliphatic rings. The number of ether oxygens (including phenoxy) is 2. The highest BCUT2D eigenvalue weighted by atomic mass is 16.6. The summed E-state index contributed by atoms with van der Waals surface area (Å²) in [5.74, 6) is 0.766. The van der Waals surface area contributed by atoms with E-state index in [-0.39, 0.29) is 11.7 Å². The smallest absolute Gasteiger partial charge is 0.418 e. The van der Waals surface area contributed by atoms with Crippen LogP contribution >= 0.6 is 0 Å². The molecule has 21 heavy (non-hydrogen) atoms. The molecule has 0 spiro atoms. The summed E-state index contributed by atoms with van der Waals surface area (Å²) in [4.78, 5) is 12.2. The Hall–Kier alpha value is -1.97. The zero-order chi connectivity index (χ0) is 15.8. The normalized spacial score (nSPS) is 12.5. The van der Waals surface area contributed by atoms with Gasteiger partial charge in [0.25, 0.3) is 0 Å². The zero-order valence-electron chi connectivity index (χ0n) is 13.6. The predicted molar refractivity (Wildman–Crippen MR) is 84.0 cm³/mol. The van der Waals surface area contributed by atoms with E-state index in [0.717, 1.165) is 16.7 Å². The van der Waals surface area contributed by atoms with E-state index >= 15 is 0 Å². The molecular weight excluding hydrogens is 266 g/mol. The van der Waals surface area contributed by atoms with Crippen LogP contribution in [0, 0.1) is 0 Å². The van der Waals surface area contributed by atoms with Gasteiger partial charge in [-0.15, -0.1) is 0 Å². The molecule has 0 unspecified atom stereocenters. The lowest BCUT2D eigenvalue weighted by Crippen LogP contribution is -2.26. The van der Waals surface area contributed by atoms with E-state index in [1.807, 2.05) is 65.8 Å². The molecule has 0 radical (unpaired) electrons. The highest BCUT2D eigenvalue weighted by Crippen LogP contribution is 2.29. The fraction of sp³-hybridized carbons (Fsp3) is 0.471. The molecule has 0 saturated carbocycles. The van der Waals surface area contributed by atoms with Crippen LogP contribution < -0.4 is 4.74 Å². The highest BCUT2D eigenvalue weighted by molar-refractivity contribution is 5.93. The SMILES string of the molecule is CC(C)(C)OC(=O)n1ccc2c(OC(C)(C)C)cccc21. The van der Waals surface area contributed by atoms with Crippen molar-refractivity contribution in [3.05, 3.63) is 30.5 Å². The van der Waals surface area contributed by atoms with E-state index in [1.165, 1.54) is 4.57 Å². The van der Waals surface area contributed by atoms with E-state index in [1.54, 1.807) is 6.20 Å². The Labute approximate surface area is 125 Å². The Bertz CT molecular complexity index is 657. The third-order valence-corrected chi connectivity index (χ3v) is 2.70. The largest absolute Gasteiger partial charge is 0.487 e. The van der Waals surface area contributed by atoms with Gasteiger partial charge in [0.05, 0.1) is 5.52 Å². The van der Waals surface area contributed by atoms with Crippen molar-refractivity contribution < 1.29 is 14.3 Å². The summed E-state index contributed by atoms with van der Waals surface area (Å²) in [6, 6.07) is 7.55. The number of carbonyl (C=O) groups is 1. The summed E-state index contributed by atoms with van der Waals surface area (Å²) in [7, 11) is 0. The fourth-order valence-electron chi connectivity index (χ4n) is 2.03. The minimum Gasteiger partial charge on any atom is -0.487 e. The van der Waals surface area contributed by atoms with Crippen molar-refractivity contribution in [2.75, 3.05) is 0 Å². The first kappa shape index (κ1) is 15.4. The Morgan fingerprint density at radius 1 is 1.00 bits per heavy atom. The van der Waals surface area contributed by atoms with Crippen LogP contribution in [0.1, 0.15) is 41.5 Å². The van der Waals surface area contributed by atoms with Crippen molar-refractivity contribution in [1.82, 2.24) is 4.57 Å². The molecule has 1 aromatic heterocycles. The summed E-state index contributed by atoms with van der Waals surface area (Å²) < 4.78 is 12.9. The third-order valence-electron chi connectivity index (χ3n) is 2.70. The molecule has 4 nitrogen and oxygen atoms in total. The van der Waals surface area contributed by atoms with Crippen LogP contribution in [0.2, 0.25) is 0 Å². The van der Waals surface area contributed by atoms with Gasteiger partial charge < -0.3 is 9.47 Å². The van der Waals surface area contributed by atoms with E-state index in [0.29, 0.717) is 0 Å². The van der Waals surface area contributed by atoms with E-state index in [4.69, 9.17) is 9.47 Å². The van der Waals surface area contributed by atoms with Gasteiger partial charge in [0.2, 0.25) is 0 Å². The van der Waals surface area contributed by atoms with Crippen molar-refractivity contribution in [2.45, 2.75) is 52.7 Å². The van der Waals surface area contributed by atoms with Crippen LogP contribution in [0.25, 0.3) is 10.9 Å². The van der Waals surface area contributed by atoms with Crippen LogP contribution in [0.4, 0.5) is 4.79 Å². The zero-order valence-corrected chi connectivity index (χ0v) is 13.6. The second-order valence-electron chi connectivity index (χ2n) is 7.07. The minimum atomic E-state index is -0.521. The number of carbonyl (C=O) groups excluding carboxylic acids is 1. The van der Waals surface area contributed by atoms with Crippen LogP contribution in [0.15, 0.2) is 30.5 Å². The summed E-state index contributed by atoms with van der Waals surface area (Å²) in [5, 5.41) is 0.901. The van der Waals surface area contributed by atoms with Crippen LogP contribution in [-0.4, -0.2) is 21.9 Å². The summed E-state index contributed by atoms with van der Waals surface area (Å²) >= 11 is 0. The van der Waals surface area contributed by atoms with Gasteiger partial charge in [0.1, 0.15) is 17.0 Å². The van der Waals surface area contributed by atoms with Gasteiger partial charge in [0, 0.05) is 11.6 Å². The quantitative estimate of drug-likeness (QED) is 0.770. The summed E-state index contributed by atoms with van der Waals surface area (Å²) in [6.45, 7) is 11.5. The molecule has 0 aliphatic heterocycles. The second-order valence-corrected chi connectivity index (χ2v) is 7.07. The molecular formula is C17H23NO3. The minimum absolute atomic E-state index is 0.289. The molecule has 0 N–H and O–H groups in total. The van der Waals surface area contributed by atoms with Crippen LogP contribution in [0.5, 0.6) is 5.75 Å². The average molecular weight is 289 g/mol. The van der Waals surface area contributed by atoms with Crippen molar-refractivity contribution in [1.29, 1.82) is 0 Å². The monoisotopic (exact) mass is 289 g/mol. The highest BCUT2D eigenvalue weighted by Gasteiger charge is 2.20. The van der Waals surface area contributed by atoms with Crippen LogP contribution in [-0.2, 0) is 4.74 Å². The standard InChI is InChI=1S/C17H23NO3/c1-16(2,3)20-14-9-7-8-13-12(14)10-11-18(13)15(19)21-17(4,5)6/h7-11H,1-6H3. The van der Waals surface area contributed by atoms with Crippen molar-refractivity contribution in [3.8, 4) is 5.75 Å². The summed E-state index contributed by atoms with van der Waals surface area (Å²) in [5.41, 5.74) is -0.0267. The number of aromatic nitrogens is 1. The fourth-order valence-corrected chi connectivity index (χ4v) is 2.03. The molecule has 0 aliphatic carbocycles. The molecule has 114 valence electrons. The number of hydrogen-bond donors (Lipinski definition) is 0. The Morgan fingerprint density at radius 2 is 1.67 bits per heavy atom. The first-order chi connectivity index (χ1) is 9.57. The molecule has 2 aromatic rings. The van der Waals surface area contributed by atoms with Crippen molar-refractivity contribution in [2.24, 2.45) is 0 Å². The van der Waals surface area contributed by atoms with Gasteiger partial charge in [-0.1, -0.05) is 6.07 Å². The van der Waals surface area contributed by atoms with Crippen LogP contribution in [0.3, 0.4) is 0 Å². The second kappa shape index (κ2) is 5.10. The lowest BCUT2D eigenvalue weighted by atomic mass is 10.1. The van der Waals surface area contributed by atoms with Gasteiger partial charge in [-0.3, -0.25) is 4.57 Å². The maximum atomic E-state index is 12.2. The number of benzene rings is 1. The maximum absolute atomic E-state index is 12.2. The lowest BCUT2D eigenvalue weighted by Gasteiger charge is -2.22. The van der Waals surface area contributed by atoms with E-state index in [2.05, 4.69) is 0 Å². The number of fused-ring (bicyclic) bond motifs is 1. The first-order valence-corrected chi connectivity index (χ1v) is 7.09. The van der Waals surface area contributed by atoms with Gasteiger partial charge in [0.15, 0.2) is 0 Å². The predicted octanol–water partition coefficient (Wildman–Crippen LogP) is 4.60. The molecule has 4 heteroatoms. The third kappa shape index (κ3) is 3.78. The van der Waals surface area contributed by atoms with Gasteiger partial charge >= 0.3 is 6.09 Å². The summed E-state index contributed by atoms with van der Waals surface area (Å²) in [6.07, 6.45) is 1.33. The first-order valence-electron chi connectivity index (χ1n) is 7.09. The molecule has 0 saturated heterocycles. The molecule has 0 fully saturated rings. The Balaban J connectivity index is 2.41. The molecule has 2 rings (SSSR count). The average Bonchev–Trinajstić information content (AvgIpc) is 2.69. The maximum Gasteiger partial charge on any atom is 0.418 e. The van der Waals surface area contributed by atoms with Crippen molar-refractivity contribution >= 4 is 17.0 Å². The van der Waals surface area contributed by atoms with E-state index < -0.39 is 5.60 Å². The Kier molecular flexibility index (Phi) is 3.74. The number of hydrogen-bond acceptors (Lipinski definition) is 3. The van der Waals surface area contributed by atoms with Gasteiger partial charge in [-0.05, 0) is 59.7 Å². The Morgan fingerprint density at radius 3 is 2.24 bits per heavy atom. The molecule has 0 amide bonds. The van der Waals surface area contributed by atoms with E-state index in [9.17, 15) is 4.79 Å². The number of nitrogens with zero attached hydrogens (tertiary/aromatic N) is 1. The topological polar surface area (TPSA) is 40.5 Å². The number of rotatable bonds is 1. The molecule has 1 heterocycles. The van der Waals surface area contributed by atoms with Crippen molar-refractivity contribution in [3.63, 3.8) is 0 Å².